The van der Waals surface area contributed by atoms with E-state index in [1.165, 1.54) is 37.3 Å². The summed E-state index contributed by atoms with van der Waals surface area (Å²) in [7, 11) is -3.84. The molecule has 2 aromatic carbocycles. The van der Waals surface area contributed by atoms with Crippen LogP contribution in [0.2, 0.25) is 0 Å². The van der Waals surface area contributed by atoms with Gasteiger partial charge in [-0.3, -0.25) is 14.3 Å². The van der Waals surface area contributed by atoms with Crippen LogP contribution < -0.4 is 15.8 Å². The number of carbonyl (C=O) groups excluding carboxylic acids is 2. The average molecular weight is 347 g/mol. The lowest BCUT2D eigenvalue weighted by molar-refractivity contribution is -0.114. The molecule has 0 atom stereocenters. The number of hydrogen-bond acceptors (Lipinski definition) is 4. The van der Waals surface area contributed by atoms with Crippen LogP contribution in [0.5, 0.6) is 0 Å². The van der Waals surface area contributed by atoms with Crippen molar-refractivity contribution in [3.63, 3.8) is 0 Å². The number of primary amides is 1. The fraction of sp³-hybridized carbons (Fsp3) is 0.125. The first kappa shape index (κ1) is 17.5. The van der Waals surface area contributed by atoms with Gasteiger partial charge < -0.3 is 11.1 Å². The van der Waals surface area contributed by atoms with Gasteiger partial charge in [0.15, 0.2) is 0 Å². The van der Waals surface area contributed by atoms with Gasteiger partial charge in [0.1, 0.15) is 0 Å². The van der Waals surface area contributed by atoms with Crippen molar-refractivity contribution < 1.29 is 18.0 Å². The summed E-state index contributed by atoms with van der Waals surface area (Å²) in [5, 5.41) is 2.56. The highest BCUT2D eigenvalue weighted by molar-refractivity contribution is 7.92. The molecule has 0 radical (unpaired) electrons. The lowest BCUT2D eigenvalue weighted by Crippen LogP contribution is -2.17. The summed E-state index contributed by atoms with van der Waals surface area (Å²) in [6.07, 6.45) is 0. The predicted octanol–water partition coefficient (Wildman–Crippen LogP) is 1.85. The third-order valence-electron chi connectivity index (χ3n) is 3.33. The molecule has 2 rings (SSSR count). The number of benzene rings is 2. The molecule has 0 bridgehead atoms. The summed E-state index contributed by atoms with van der Waals surface area (Å²) in [6.45, 7) is 2.97. The Morgan fingerprint density at radius 2 is 1.67 bits per heavy atom. The highest BCUT2D eigenvalue weighted by atomic mass is 32.2. The maximum atomic E-state index is 12.5. The Hall–Kier alpha value is -2.87. The standard InChI is InChI=1S/C16H17N3O4S/c1-10-14(16(17)21)4-3-5-15(10)19-24(22,23)13-8-6-12(7-9-13)18-11(2)20/h3-9,19H,1-2H3,(H2,17,21)(H,18,20). The summed E-state index contributed by atoms with van der Waals surface area (Å²) in [6, 6.07) is 10.3. The Morgan fingerprint density at radius 1 is 1.04 bits per heavy atom. The molecule has 2 aromatic rings. The van der Waals surface area contributed by atoms with Crippen molar-refractivity contribution >= 4 is 33.2 Å². The number of nitrogens with two attached hydrogens (primary N) is 1. The number of carbonyl (C=O) groups is 2. The van der Waals surface area contributed by atoms with Gasteiger partial charge in [-0.15, -0.1) is 0 Å². The van der Waals surface area contributed by atoms with Gasteiger partial charge in [-0.05, 0) is 48.9 Å². The number of nitrogens with one attached hydrogen (secondary N) is 2. The number of sulfonamides is 1. The molecule has 24 heavy (non-hydrogen) atoms. The summed E-state index contributed by atoms with van der Waals surface area (Å²) >= 11 is 0. The van der Waals surface area contributed by atoms with Gasteiger partial charge in [-0.1, -0.05) is 6.07 Å². The molecule has 2 amide bonds. The Bertz CT molecular complexity index is 890. The molecule has 0 aromatic heterocycles. The first-order chi connectivity index (χ1) is 11.2. The van der Waals surface area contributed by atoms with Crippen LogP contribution in [0.4, 0.5) is 11.4 Å². The monoisotopic (exact) mass is 347 g/mol. The topological polar surface area (TPSA) is 118 Å². The fourth-order valence-electron chi connectivity index (χ4n) is 2.14. The second kappa shape index (κ2) is 6.71. The Kier molecular flexibility index (Phi) is 4.89. The molecule has 0 aliphatic heterocycles. The SMILES string of the molecule is CC(=O)Nc1ccc(S(=O)(=O)Nc2cccc(C(N)=O)c2C)cc1. The first-order valence-corrected chi connectivity index (χ1v) is 8.49. The number of rotatable bonds is 5. The quantitative estimate of drug-likeness (QED) is 0.765. The zero-order valence-corrected chi connectivity index (χ0v) is 14.0. The molecule has 126 valence electrons. The molecule has 8 heteroatoms. The van der Waals surface area contributed by atoms with E-state index in [4.69, 9.17) is 5.73 Å². The molecule has 0 aliphatic rings. The highest BCUT2D eigenvalue weighted by Gasteiger charge is 2.17. The van der Waals surface area contributed by atoms with Gasteiger partial charge >= 0.3 is 0 Å². The number of amides is 2. The molecule has 7 nitrogen and oxygen atoms in total. The summed E-state index contributed by atoms with van der Waals surface area (Å²) in [5.41, 5.74) is 6.73. The highest BCUT2D eigenvalue weighted by Crippen LogP contribution is 2.23. The van der Waals surface area contributed by atoms with Crippen LogP contribution in [0, 0.1) is 6.92 Å². The van der Waals surface area contributed by atoms with E-state index < -0.39 is 15.9 Å². The Balaban J connectivity index is 2.30. The number of hydrogen-bond donors (Lipinski definition) is 3. The zero-order chi connectivity index (χ0) is 17.9. The maximum Gasteiger partial charge on any atom is 0.261 e. The minimum absolute atomic E-state index is 0.0282. The molecule has 0 unspecified atom stereocenters. The van der Waals surface area contributed by atoms with Gasteiger partial charge in [0.25, 0.3) is 10.0 Å². The molecule has 0 fully saturated rings. The lowest BCUT2D eigenvalue weighted by Gasteiger charge is -2.13. The van der Waals surface area contributed by atoms with Crippen LogP contribution >= 0.6 is 0 Å². The number of anilines is 2. The smallest absolute Gasteiger partial charge is 0.261 e. The molecule has 0 spiro atoms. The summed E-state index contributed by atoms with van der Waals surface area (Å²) < 4.78 is 27.3. The van der Waals surface area contributed by atoms with Crippen molar-refractivity contribution in [2.24, 2.45) is 5.73 Å². The van der Waals surface area contributed by atoms with Crippen LogP contribution in [-0.2, 0) is 14.8 Å². The second-order valence-electron chi connectivity index (χ2n) is 5.15. The van der Waals surface area contributed by atoms with Crippen molar-refractivity contribution in [3.8, 4) is 0 Å². The second-order valence-corrected chi connectivity index (χ2v) is 6.84. The van der Waals surface area contributed by atoms with Crippen LogP contribution in [-0.4, -0.2) is 20.2 Å². The van der Waals surface area contributed by atoms with Gasteiger partial charge in [0, 0.05) is 18.2 Å². The van der Waals surface area contributed by atoms with Crippen molar-refractivity contribution in [3.05, 3.63) is 53.6 Å². The molecule has 0 heterocycles. The van der Waals surface area contributed by atoms with Crippen LogP contribution in [0.1, 0.15) is 22.8 Å². The summed E-state index contributed by atoms with van der Waals surface area (Å²) in [4.78, 5) is 22.4. The predicted molar refractivity (Wildman–Crippen MR) is 91.3 cm³/mol. The van der Waals surface area contributed by atoms with Gasteiger partial charge in [-0.25, -0.2) is 8.42 Å². The van der Waals surface area contributed by atoms with E-state index in [1.54, 1.807) is 19.1 Å². The minimum Gasteiger partial charge on any atom is -0.366 e. The van der Waals surface area contributed by atoms with Crippen molar-refractivity contribution in [1.29, 1.82) is 0 Å². The van der Waals surface area contributed by atoms with E-state index in [-0.39, 0.29) is 22.1 Å². The normalized spacial score (nSPS) is 10.9. The van der Waals surface area contributed by atoms with Crippen LogP contribution in [0.3, 0.4) is 0 Å². The molecule has 0 saturated carbocycles. The van der Waals surface area contributed by atoms with Crippen LogP contribution in [0.25, 0.3) is 0 Å². The lowest BCUT2D eigenvalue weighted by atomic mass is 10.1. The van der Waals surface area contributed by atoms with E-state index in [1.807, 2.05) is 0 Å². The molecule has 0 saturated heterocycles. The molecular formula is C16H17N3O4S. The summed E-state index contributed by atoms with van der Waals surface area (Å²) in [5.74, 6) is -0.879. The third kappa shape index (κ3) is 3.90. The molecule has 4 N–H and O–H groups in total. The van der Waals surface area contributed by atoms with Crippen molar-refractivity contribution in [2.45, 2.75) is 18.7 Å². The minimum atomic E-state index is -3.84. The van der Waals surface area contributed by atoms with E-state index in [0.29, 0.717) is 11.3 Å². The van der Waals surface area contributed by atoms with Crippen molar-refractivity contribution in [1.82, 2.24) is 0 Å². The Labute approximate surface area is 139 Å². The maximum absolute atomic E-state index is 12.5. The largest absolute Gasteiger partial charge is 0.366 e. The molecular weight excluding hydrogens is 330 g/mol. The van der Waals surface area contributed by atoms with E-state index in [2.05, 4.69) is 10.0 Å². The van der Waals surface area contributed by atoms with E-state index >= 15 is 0 Å². The molecule has 0 aliphatic carbocycles. The fourth-order valence-corrected chi connectivity index (χ4v) is 3.26. The zero-order valence-electron chi connectivity index (χ0n) is 13.2. The van der Waals surface area contributed by atoms with Crippen LogP contribution in [0.15, 0.2) is 47.4 Å². The first-order valence-electron chi connectivity index (χ1n) is 7.00. The van der Waals surface area contributed by atoms with Gasteiger partial charge in [-0.2, -0.15) is 0 Å². The van der Waals surface area contributed by atoms with Gasteiger partial charge in [0.05, 0.1) is 10.6 Å². The van der Waals surface area contributed by atoms with Gasteiger partial charge in [0.2, 0.25) is 11.8 Å². The average Bonchev–Trinajstić information content (AvgIpc) is 2.49. The van der Waals surface area contributed by atoms with E-state index in [0.717, 1.165) is 0 Å². The van der Waals surface area contributed by atoms with E-state index in [9.17, 15) is 18.0 Å². The third-order valence-corrected chi connectivity index (χ3v) is 4.71. The Morgan fingerprint density at radius 3 is 2.21 bits per heavy atom. The van der Waals surface area contributed by atoms with Crippen molar-refractivity contribution in [2.75, 3.05) is 10.0 Å².